The average molecular weight is 235 g/mol. The lowest BCUT2D eigenvalue weighted by molar-refractivity contribution is 0.0682. The SMILES string of the molecule is Cc1cc(F)ccc1C(=O)N1CCCC(C)C1. The van der Waals surface area contributed by atoms with Gasteiger partial charge in [-0.05, 0) is 49.4 Å². The molecule has 3 heteroatoms. The fourth-order valence-corrected chi connectivity index (χ4v) is 2.41. The van der Waals surface area contributed by atoms with Gasteiger partial charge in [0.05, 0.1) is 0 Å². The van der Waals surface area contributed by atoms with Crippen molar-refractivity contribution in [3.05, 3.63) is 35.1 Å². The second-order valence-electron chi connectivity index (χ2n) is 4.96. The van der Waals surface area contributed by atoms with Gasteiger partial charge in [-0.1, -0.05) is 6.92 Å². The van der Waals surface area contributed by atoms with Gasteiger partial charge < -0.3 is 4.90 Å². The van der Waals surface area contributed by atoms with Gasteiger partial charge in [-0.15, -0.1) is 0 Å². The minimum Gasteiger partial charge on any atom is -0.338 e. The normalized spacial score (nSPS) is 20.4. The van der Waals surface area contributed by atoms with Gasteiger partial charge in [0.1, 0.15) is 5.82 Å². The summed E-state index contributed by atoms with van der Waals surface area (Å²) in [5.74, 6) is 0.313. The molecule has 1 saturated heterocycles. The lowest BCUT2D eigenvalue weighted by Gasteiger charge is -2.31. The highest BCUT2D eigenvalue weighted by molar-refractivity contribution is 5.95. The minimum atomic E-state index is -0.286. The number of carbonyl (C=O) groups excluding carboxylic acids is 1. The van der Waals surface area contributed by atoms with Crippen LogP contribution in [-0.2, 0) is 0 Å². The fourth-order valence-electron chi connectivity index (χ4n) is 2.41. The van der Waals surface area contributed by atoms with Crippen molar-refractivity contribution in [1.29, 1.82) is 0 Å². The Morgan fingerprint density at radius 3 is 2.88 bits per heavy atom. The van der Waals surface area contributed by atoms with Gasteiger partial charge in [0.25, 0.3) is 5.91 Å². The van der Waals surface area contributed by atoms with Crippen molar-refractivity contribution in [2.45, 2.75) is 26.7 Å². The first-order valence-electron chi connectivity index (χ1n) is 6.13. The van der Waals surface area contributed by atoms with Gasteiger partial charge in [-0.25, -0.2) is 4.39 Å². The molecular weight excluding hydrogens is 217 g/mol. The van der Waals surface area contributed by atoms with Crippen LogP contribution in [0, 0.1) is 18.7 Å². The van der Waals surface area contributed by atoms with Gasteiger partial charge in [0, 0.05) is 18.7 Å². The minimum absolute atomic E-state index is 0.0362. The lowest BCUT2D eigenvalue weighted by Crippen LogP contribution is -2.39. The molecule has 1 aliphatic heterocycles. The smallest absolute Gasteiger partial charge is 0.254 e. The summed E-state index contributed by atoms with van der Waals surface area (Å²) in [6.07, 6.45) is 2.25. The zero-order valence-corrected chi connectivity index (χ0v) is 10.4. The number of nitrogens with zero attached hydrogens (tertiary/aromatic N) is 1. The maximum atomic E-state index is 13.0. The summed E-state index contributed by atoms with van der Waals surface area (Å²) in [4.78, 5) is 14.2. The molecule has 0 N–H and O–H groups in total. The molecule has 1 heterocycles. The molecule has 1 unspecified atom stereocenters. The molecular formula is C14H18FNO. The summed E-state index contributed by atoms with van der Waals surface area (Å²) < 4.78 is 13.0. The van der Waals surface area contributed by atoms with Crippen LogP contribution in [0.1, 0.15) is 35.7 Å². The van der Waals surface area contributed by atoms with Gasteiger partial charge in [-0.2, -0.15) is 0 Å². The van der Waals surface area contributed by atoms with Crippen LogP contribution in [-0.4, -0.2) is 23.9 Å². The molecule has 1 aromatic carbocycles. The van der Waals surface area contributed by atoms with Crippen LogP contribution in [0.5, 0.6) is 0 Å². The van der Waals surface area contributed by atoms with E-state index in [1.54, 1.807) is 13.0 Å². The first-order valence-corrected chi connectivity index (χ1v) is 6.13. The Balaban J connectivity index is 2.18. The third kappa shape index (κ3) is 2.65. The highest BCUT2D eigenvalue weighted by Gasteiger charge is 2.22. The first kappa shape index (κ1) is 12.1. The van der Waals surface area contributed by atoms with Crippen LogP contribution in [0.2, 0.25) is 0 Å². The number of aryl methyl sites for hydroxylation is 1. The number of hydrogen-bond donors (Lipinski definition) is 0. The Bertz CT molecular complexity index is 430. The van der Waals surface area contributed by atoms with E-state index in [1.165, 1.54) is 18.6 Å². The summed E-state index contributed by atoms with van der Waals surface area (Å²) in [6, 6.07) is 4.36. The van der Waals surface area contributed by atoms with E-state index in [9.17, 15) is 9.18 Å². The van der Waals surface area contributed by atoms with E-state index in [1.807, 2.05) is 4.90 Å². The Morgan fingerprint density at radius 2 is 2.24 bits per heavy atom. The summed E-state index contributed by atoms with van der Waals surface area (Å²) in [7, 11) is 0. The number of likely N-dealkylation sites (tertiary alicyclic amines) is 1. The number of benzene rings is 1. The average Bonchev–Trinajstić information content (AvgIpc) is 2.28. The summed E-state index contributed by atoms with van der Waals surface area (Å²) in [5.41, 5.74) is 1.34. The van der Waals surface area contributed by atoms with Crippen LogP contribution in [0.4, 0.5) is 4.39 Å². The van der Waals surface area contributed by atoms with E-state index in [0.29, 0.717) is 17.0 Å². The fraction of sp³-hybridized carbons (Fsp3) is 0.500. The molecule has 1 atom stereocenters. The van der Waals surface area contributed by atoms with Crippen molar-refractivity contribution in [3.63, 3.8) is 0 Å². The number of piperidine rings is 1. The maximum absolute atomic E-state index is 13.0. The molecule has 1 aliphatic rings. The van der Waals surface area contributed by atoms with Crippen LogP contribution in [0.3, 0.4) is 0 Å². The topological polar surface area (TPSA) is 20.3 Å². The highest BCUT2D eigenvalue weighted by Crippen LogP contribution is 2.19. The Hall–Kier alpha value is -1.38. The molecule has 1 fully saturated rings. The molecule has 92 valence electrons. The number of rotatable bonds is 1. The van der Waals surface area contributed by atoms with E-state index < -0.39 is 0 Å². The number of amides is 1. The molecule has 0 aromatic heterocycles. The van der Waals surface area contributed by atoms with Gasteiger partial charge in [0.2, 0.25) is 0 Å². The standard InChI is InChI=1S/C14H18FNO/c1-10-4-3-7-16(9-10)14(17)13-6-5-12(15)8-11(13)2/h5-6,8,10H,3-4,7,9H2,1-2H3. The number of hydrogen-bond acceptors (Lipinski definition) is 1. The lowest BCUT2D eigenvalue weighted by atomic mass is 9.98. The zero-order chi connectivity index (χ0) is 12.4. The predicted molar refractivity (Wildman–Crippen MR) is 65.4 cm³/mol. The van der Waals surface area contributed by atoms with Crippen LogP contribution in [0.15, 0.2) is 18.2 Å². The predicted octanol–water partition coefficient (Wildman–Crippen LogP) is 3.01. The van der Waals surface area contributed by atoms with Crippen molar-refractivity contribution in [3.8, 4) is 0 Å². The van der Waals surface area contributed by atoms with Crippen molar-refractivity contribution in [1.82, 2.24) is 4.90 Å². The van der Waals surface area contributed by atoms with Gasteiger partial charge >= 0.3 is 0 Å². The van der Waals surface area contributed by atoms with E-state index in [4.69, 9.17) is 0 Å². The largest absolute Gasteiger partial charge is 0.338 e. The summed E-state index contributed by atoms with van der Waals surface area (Å²) in [6.45, 7) is 5.58. The molecule has 0 saturated carbocycles. The second kappa shape index (κ2) is 4.86. The number of halogens is 1. The molecule has 0 aliphatic carbocycles. The molecule has 17 heavy (non-hydrogen) atoms. The summed E-state index contributed by atoms with van der Waals surface area (Å²) in [5, 5.41) is 0. The second-order valence-corrected chi connectivity index (χ2v) is 4.96. The third-order valence-electron chi connectivity index (χ3n) is 3.36. The van der Waals surface area contributed by atoms with Crippen LogP contribution in [0.25, 0.3) is 0 Å². The monoisotopic (exact) mass is 235 g/mol. The van der Waals surface area contributed by atoms with E-state index in [-0.39, 0.29) is 11.7 Å². The quantitative estimate of drug-likeness (QED) is 0.732. The van der Waals surface area contributed by atoms with Gasteiger partial charge in [-0.3, -0.25) is 4.79 Å². The third-order valence-corrected chi connectivity index (χ3v) is 3.36. The molecule has 1 amide bonds. The Kier molecular flexibility index (Phi) is 3.46. The van der Waals surface area contributed by atoms with Crippen molar-refractivity contribution in [2.24, 2.45) is 5.92 Å². The Labute approximate surface area is 101 Å². The van der Waals surface area contributed by atoms with Crippen molar-refractivity contribution in [2.75, 3.05) is 13.1 Å². The van der Waals surface area contributed by atoms with E-state index >= 15 is 0 Å². The highest BCUT2D eigenvalue weighted by atomic mass is 19.1. The van der Waals surface area contributed by atoms with Crippen LogP contribution >= 0.6 is 0 Å². The molecule has 0 radical (unpaired) electrons. The van der Waals surface area contributed by atoms with Crippen LogP contribution < -0.4 is 0 Å². The molecule has 2 nitrogen and oxygen atoms in total. The molecule has 1 aromatic rings. The van der Waals surface area contributed by atoms with E-state index in [0.717, 1.165) is 19.5 Å². The zero-order valence-electron chi connectivity index (χ0n) is 10.4. The molecule has 0 bridgehead atoms. The van der Waals surface area contributed by atoms with Crippen molar-refractivity contribution >= 4 is 5.91 Å². The molecule has 0 spiro atoms. The summed E-state index contributed by atoms with van der Waals surface area (Å²) >= 11 is 0. The van der Waals surface area contributed by atoms with Crippen molar-refractivity contribution < 1.29 is 9.18 Å². The maximum Gasteiger partial charge on any atom is 0.254 e. The Morgan fingerprint density at radius 1 is 1.47 bits per heavy atom. The van der Waals surface area contributed by atoms with E-state index in [2.05, 4.69) is 6.92 Å². The first-order chi connectivity index (χ1) is 8.08. The van der Waals surface area contributed by atoms with Gasteiger partial charge in [0.15, 0.2) is 0 Å². The molecule has 2 rings (SSSR count). The number of carbonyl (C=O) groups is 1.